The fourth-order valence-corrected chi connectivity index (χ4v) is 1.87. The van der Waals surface area contributed by atoms with Crippen molar-refractivity contribution >= 4 is 35.1 Å². The summed E-state index contributed by atoms with van der Waals surface area (Å²) < 4.78 is 4.50. The Morgan fingerprint density at radius 3 is 2.39 bits per heavy atom. The van der Waals surface area contributed by atoms with Gasteiger partial charge in [-0.3, -0.25) is 4.79 Å². The molecule has 0 aliphatic carbocycles. The van der Waals surface area contributed by atoms with Crippen molar-refractivity contribution in [2.45, 2.75) is 6.04 Å². The summed E-state index contributed by atoms with van der Waals surface area (Å²) in [5.74, 6) is -1.21. The molecule has 0 bridgehead atoms. The van der Waals surface area contributed by atoms with Crippen molar-refractivity contribution < 1.29 is 14.3 Å². The summed E-state index contributed by atoms with van der Waals surface area (Å²) in [6, 6.07) is 3.73. The van der Waals surface area contributed by atoms with Gasteiger partial charge < -0.3 is 15.8 Å². The molecule has 1 aromatic carbocycles. The second kappa shape index (κ2) is 6.58. The lowest BCUT2D eigenvalue weighted by atomic mass is 10.2. The second-order valence-corrected chi connectivity index (χ2v) is 4.20. The van der Waals surface area contributed by atoms with Crippen LogP contribution in [0.5, 0.6) is 0 Å². The van der Waals surface area contributed by atoms with Gasteiger partial charge in [0.1, 0.15) is 6.04 Å². The van der Waals surface area contributed by atoms with Crippen molar-refractivity contribution in [2.24, 2.45) is 5.73 Å². The topological polar surface area (TPSA) is 81.4 Å². The minimum atomic E-state index is -0.935. The van der Waals surface area contributed by atoms with Gasteiger partial charge in [0, 0.05) is 6.54 Å². The summed E-state index contributed by atoms with van der Waals surface area (Å²) >= 11 is 11.7. The van der Waals surface area contributed by atoms with Gasteiger partial charge in [0.2, 0.25) is 0 Å². The molecule has 5 nitrogen and oxygen atoms in total. The summed E-state index contributed by atoms with van der Waals surface area (Å²) in [5.41, 5.74) is 5.47. The maximum absolute atomic E-state index is 11.9. The number of halogens is 2. The number of nitrogens with one attached hydrogen (secondary N) is 1. The van der Waals surface area contributed by atoms with Crippen LogP contribution < -0.4 is 11.1 Å². The fourth-order valence-electron chi connectivity index (χ4n) is 1.30. The molecule has 0 radical (unpaired) electrons. The van der Waals surface area contributed by atoms with E-state index in [1.165, 1.54) is 19.2 Å². The van der Waals surface area contributed by atoms with Crippen LogP contribution in [0.15, 0.2) is 18.2 Å². The van der Waals surface area contributed by atoms with E-state index in [4.69, 9.17) is 28.9 Å². The average molecular weight is 291 g/mol. The first-order valence-corrected chi connectivity index (χ1v) is 5.79. The predicted octanol–water partition coefficient (Wildman–Crippen LogP) is 1.22. The summed E-state index contributed by atoms with van der Waals surface area (Å²) in [6.07, 6.45) is 0. The van der Waals surface area contributed by atoms with Crippen molar-refractivity contribution in [2.75, 3.05) is 13.7 Å². The van der Waals surface area contributed by atoms with Crippen molar-refractivity contribution in [3.63, 3.8) is 0 Å². The molecule has 7 heteroatoms. The van der Waals surface area contributed by atoms with Gasteiger partial charge in [-0.1, -0.05) is 29.3 Å². The smallest absolute Gasteiger partial charge is 0.329 e. The Kier molecular flexibility index (Phi) is 5.40. The van der Waals surface area contributed by atoms with Gasteiger partial charge in [-0.15, -0.1) is 0 Å². The minimum Gasteiger partial charge on any atom is -0.467 e. The van der Waals surface area contributed by atoms with Gasteiger partial charge in [-0.2, -0.15) is 0 Å². The summed E-state index contributed by atoms with van der Waals surface area (Å²) in [6.45, 7) is -0.0829. The molecule has 0 saturated heterocycles. The van der Waals surface area contributed by atoms with E-state index in [0.717, 1.165) is 0 Å². The van der Waals surface area contributed by atoms with E-state index >= 15 is 0 Å². The largest absolute Gasteiger partial charge is 0.467 e. The molecule has 1 aromatic rings. The van der Waals surface area contributed by atoms with Crippen LogP contribution >= 0.6 is 23.2 Å². The third-order valence-electron chi connectivity index (χ3n) is 2.22. The SMILES string of the molecule is COC(=O)C(CN)NC(=O)c1c(Cl)cccc1Cl. The highest BCUT2D eigenvalue weighted by Gasteiger charge is 2.22. The normalized spacial score (nSPS) is 11.8. The van der Waals surface area contributed by atoms with Gasteiger partial charge in [0.25, 0.3) is 5.91 Å². The molecular weight excluding hydrogens is 279 g/mol. The highest BCUT2D eigenvalue weighted by atomic mass is 35.5. The van der Waals surface area contributed by atoms with Gasteiger partial charge in [-0.05, 0) is 12.1 Å². The molecule has 1 rings (SSSR count). The number of hydrogen-bond acceptors (Lipinski definition) is 4. The van der Waals surface area contributed by atoms with Crippen molar-refractivity contribution in [3.8, 4) is 0 Å². The standard InChI is InChI=1S/C11H12Cl2N2O3/c1-18-11(17)8(5-14)15-10(16)9-6(12)3-2-4-7(9)13/h2-4,8H,5,14H2,1H3,(H,15,16). The minimum absolute atomic E-state index is 0.0829. The molecule has 1 unspecified atom stereocenters. The third-order valence-corrected chi connectivity index (χ3v) is 2.85. The molecule has 18 heavy (non-hydrogen) atoms. The Morgan fingerprint density at radius 1 is 1.39 bits per heavy atom. The fraction of sp³-hybridized carbons (Fsp3) is 0.273. The third kappa shape index (κ3) is 3.35. The lowest BCUT2D eigenvalue weighted by Gasteiger charge is -2.15. The predicted molar refractivity (Wildman–Crippen MR) is 68.8 cm³/mol. The highest BCUT2D eigenvalue weighted by Crippen LogP contribution is 2.24. The number of amides is 1. The van der Waals surface area contributed by atoms with Crippen LogP contribution in [-0.2, 0) is 9.53 Å². The quantitative estimate of drug-likeness (QED) is 0.817. The van der Waals surface area contributed by atoms with Crippen LogP contribution in [-0.4, -0.2) is 31.6 Å². The first-order chi connectivity index (χ1) is 8.51. The zero-order valence-electron chi connectivity index (χ0n) is 9.57. The van der Waals surface area contributed by atoms with E-state index in [0.29, 0.717) is 0 Å². The van der Waals surface area contributed by atoms with Crippen LogP contribution in [0.3, 0.4) is 0 Å². The molecule has 0 spiro atoms. The Morgan fingerprint density at radius 2 is 1.94 bits per heavy atom. The Bertz CT molecular complexity index is 445. The summed E-state index contributed by atoms with van der Waals surface area (Å²) in [5, 5.41) is 2.80. The molecule has 0 aliphatic rings. The molecule has 0 saturated carbocycles. The molecular formula is C11H12Cl2N2O3. The number of rotatable bonds is 4. The van der Waals surface area contributed by atoms with Crippen LogP contribution in [0, 0.1) is 0 Å². The number of esters is 1. The summed E-state index contributed by atoms with van der Waals surface area (Å²) in [4.78, 5) is 23.2. The molecule has 0 aliphatic heterocycles. The van der Waals surface area contributed by atoms with Gasteiger partial charge >= 0.3 is 5.97 Å². The maximum Gasteiger partial charge on any atom is 0.329 e. The molecule has 0 fully saturated rings. The van der Waals surface area contributed by atoms with E-state index in [9.17, 15) is 9.59 Å². The van der Waals surface area contributed by atoms with Crippen LogP contribution in [0.4, 0.5) is 0 Å². The zero-order chi connectivity index (χ0) is 13.7. The number of hydrogen-bond donors (Lipinski definition) is 2. The molecule has 0 aromatic heterocycles. The number of benzene rings is 1. The van der Waals surface area contributed by atoms with Gasteiger partial charge in [-0.25, -0.2) is 4.79 Å². The number of ether oxygens (including phenoxy) is 1. The summed E-state index contributed by atoms with van der Waals surface area (Å²) in [7, 11) is 1.21. The van der Waals surface area contributed by atoms with E-state index in [-0.39, 0.29) is 22.2 Å². The molecule has 3 N–H and O–H groups in total. The number of nitrogens with two attached hydrogens (primary N) is 1. The highest BCUT2D eigenvalue weighted by molar-refractivity contribution is 6.39. The van der Waals surface area contributed by atoms with Crippen LogP contribution in [0.1, 0.15) is 10.4 Å². The van der Waals surface area contributed by atoms with Crippen LogP contribution in [0.2, 0.25) is 10.0 Å². The monoisotopic (exact) mass is 290 g/mol. The first kappa shape index (κ1) is 14.8. The van der Waals surface area contributed by atoms with E-state index in [1.54, 1.807) is 6.07 Å². The number of carbonyl (C=O) groups is 2. The molecule has 1 amide bonds. The lowest BCUT2D eigenvalue weighted by molar-refractivity contribution is -0.142. The van der Waals surface area contributed by atoms with Crippen molar-refractivity contribution in [1.82, 2.24) is 5.32 Å². The Labute approximate surface area is 114 Å². The zero-order valence-corrected chi connectivity index (χ0v) is 11.1. The first-order valence-electron chi connectivity index (χ1n) is 5.04. The Hall–Kier alpha value is -1.30. The number of methoxy groups -OCH3 is 1. The van der Waals surface area contributed by atoms with Gasteiger partial charge in [0.05, 0.1) is 22.7 Å². The van der Waals surface area contributed by atoms with Crippen LogP contribution in [0.25, 0.3) is 0 Å². The van der Waals surface area contributed by atoms with E-state index < -0.39 is 17.9 Å². The van der Waals surface area contributed by atoms with Crippen molar-refractivity contribution in [1.29, 1.82) is 0 Å². The van der Waals surface area contributed by atoms with Crippen molar-refractivity contribution in [3.05, 3.63) is 33.8 Å². The molecule has 1 atom stereocenters. The van der Waals surface area contributed by atoms with Gasteiger partial charge in [0.15, 0.2) is 0 Å². The average Bonchev–Trinajstić information content (AvgIpc) is 2.34. The Balaban J connectivity index is 2.91. The lowest BCUT2D eigenvalue weighted by Crippen LogP contribution is -2.46. The maximum atomic E-state index is 11.9. The van der Waals surface area contributed by atoms with E-state index in [1.807, 2.05) is 0 Å². The number of carbonyl (C=O) groups excluding carboxylic acids is 2. The van der Waals surface area contributed by atoms with E-state index in [2.05, 4.69) is 10.1 Å². The second-order valence-electron chi connectivity index (χ2n) is 3.38. The molecule has 0 heterocycles. The molecule has 98 valence electrons.